The molecule has 132 valence electrons. The van der Waals surface area contributed by atoms with Crippen LogP contribution in [0.3, 0.4) is 0 Å². The molecule has 0 bridgehead atoms. The van der Waals surface area contributed by atoms with Crippen LogP contribution in [0.25, 0.3) is 10.3 Å². The second kappa shape index (κ2) is 7.71. The van der Waals surface area contributed by atoms with E-state index in [-0.39, 0.29) is 24.5 Å². The maximum atomic E-state index is 12.6. The minimum Gasteiger partial charge on any atom is -0.444 e. The van der Waals surface area contributed by atoms with E-state index >= 15 is 0 Å². The zero-order valence-corrected chi connectivity index (χ0v) is 16.3. The van der Waals surface area contributed by atoms with Crippen LogP contribution < -0.4 is 10.9 Å². The molecule has 2 aromatic rings. The number of carbonyl (C=O) groups excluding carboxylic acids is 1. The molecule has 0 unspecified atom stereocenters. The Morgan fingerprint density at radius 2 is 2.12 bits per heavy atom. The van der Waals surface area contributed by atoms with Crippen LogP contribution in [-0.4, -0.2) is 39.0 Å². The van der Waals surface area contributed by atoms with Gasteiger partial charge in [0.1, 0.15) is 11.4 Å². The fraction of sp³-hybridized carbons (Fsp3) is 0.571. The molecule has 2 aromatic heterocycles. The highest BCUT2D eigenvalue weighted by molar-refractivity contribution is 8.00. The Bertz CT molecular complexity index is 798. The van der Waals surface area contributed by atoms with Gasteiger partial charge in [0.2, 0.25) is 0 Å². The monoisotopic (exact) mass is 390 g/mol. The summed E-state index contributed by atoms with van der Waals surface area (Å²) in [5, 5.41) is 2.62. The van der Waals surface area contributed by atoms with Gasteiger partial charge in [0.05, 0.1) is 5.88 Å². The number of fused-ring (bicyclic) bond motifs is 1. The van der Waals surface area contributed by atoms with Crippen molar-refractivity contribution >= 4 is 51.1 Å². The van der Waals surface area contributed by atoms with E-state index in [1.54, 1.807) is 20.8 Å². The van der Waals surface area contributed by atoms with Gasteiger partial charge in [-0.15, -0.1) is 11.6 Å². The summed E-state index contributed by atoms with van der Waals surface area (Å²) in [7, 11) is 0. The summed E-state index contributed by atoms with van der Waals surface area (Å²) in [4.78, 5) is 33.5. The zero-order valence-electron chi connectivity index (χ0n) is 13.9. The second-order valence-electron chi connectivity index (χ2n) is 5.88. The number of amides is 1. The highest BCUT2D eigenvalue weighted by atomic mass is 35.5. The van der Waals surface area contributed by atoms with Crippen LogP contribution >= 0.6 is 34.7 Å². The first kappa shape index (κ1) is 19.0. The summed E-state index contributed by atoms with van der Waals surface area (Å²) >= 11 is 8.74. The molecule has 1 amide bonds. The van der Waals surface area contributed by atoms with Crippen molar-refractivity contribution in [1.82, 2.24) is 19.9 Å². The number of thioether (sulfide) groups is 1. The lowest BCUT2D eigenvalue weighted by molar-refractivity contribution is 0.0526. The Balaban J connectivity index is 2.17. The van der Waals surface area contributed by atoms with E-state index in [9.17, 15) is 9.59 Å². The molecule has 1 N–H and O–H groups in total. The van der Waals surface area contributed by atoms with Crippen LogP contribution in [0.5, 0.6) is 0 Å². The Hall–Kier alpha value is -1.32. The number of thiazole rings is 1. The normalized spacial score (nSPS) is 11.7. The summed E-state index contributed by atoms with van der Waals surface area (Å²) in [6.07, 6.45) is 1.36. The summed E-state index contributed by atoms with van der Waals surface area (Å²) in [5.74, 6) is 0.556. The van der Waals surface area contributed by atoms with Gasteiger partial charge in [-0.2, -0.15) is 0 Å². The fourth-order valence-electron chi connectivity index (χ4n) is 1.93. The first-order valence-electron chi connectivity index (χ1n) is 7.22. The zero-order chi connectivity index (χ0) is 17.9. The number of hydrogen-bond donors (Lipinski definition) is 1. The van der Waals surface area contributed by atoms with E-state index < -0.39 is 11.7 Å². The van der Waals surface area contributed by atoms with Gasteiger partial charge < -0.3 is 10.1 Å². The van der Waals surface area contributed by atoms with Gasteiger partial charge in [0.25, 0.3) is 5.56 Å². The van der Waals surface area contributed by atoms with E-state index in [0.29, 0.717) is 16.2 Å². The van der Waals surface area contributed by atoms with Gasteiger partial charge in [-0.3, -0.25) is 9.36 Å². The quantitative estimate of drug-likeness (QED) is 0.624. The largest absolute Gasteiger partial charge is 0.444 e. The fourth-order valence-corrected chi connectivity index (χ4v) is 3.57. The smallest absolute Gasteiger partial charge is 0.407 e. The van der Waals surface area contributed by atoms with Crippen molar-refractivity contribution in [3.05, 3.63) is 16.2 Å². The lowest BCUT2D eigenvalue weighted by Gasteiger charge is -2.20. The van der Waals surface area contributed by atoms with E-state index in [2.05, 4.69) is 15.3 Å². The molecular formula is C14H19ClN4O3S2. The maximum Gasteiger partial charge on any atom is 0.407 e. The van der Waals surface area contributed by atoms with Crippen LogP contribution in [0, 0.1) is 0 Å². The molecule has 0 saturated carbocycles. The maximum absolute atomic E-state index is 12.6. The molecule has 0 aromatic carbocycles. The highest BCUT2D eigenvalue weighted by Gasteiger charge is 2.17. The molecule has 0 aliphatic heterocycles. The predicted molar refractivity (Wildman–Crippen MR) is 97.2 cm³/mol. The van der Waals surface area contributed by atoms with Crippen molar-refractivity contribution < 1.29 is 9.53 Å². The number of nitrogens with zero attached hydrogens (tertiary/aromatic N) is 3. The standard InChI is InChI=1S/C14H19ClN4O3S2/c1-14(2,3)22-12(21)16-5-6-19-8(7-15)17-10-9(11(19)20)18-13(23-4)24-10/h5-7H2,1-4H3,(H,16,21). The third-order valence-electron chi connectivity index (χ3n) is 2.88. The molecule has 10 heteroatoms. The molecule has 24 heavy (non-hydrogen) atoms. The van der Waals surface area contributed by atoms with Crippen molar-refractivity contribution in [2.24, 2.45) is 0 Å². The number of ether oxygens (including phenoxy) is 1. The SMILES string of the molecule is CSc1nc2c(=O)n(CCNC(=O)OC(C)(C)C)c(CCl)nc2s1. The number of alkyl halides is 1. The van der Waals surface area contributed by atoms with Crippen molar-refractivity contribution in [3.63, 3.8) is 0 Å². The number of nitrogens with one attached hydrogen (secondary N) is 1. The van der Waals surface area contributed by atoms with E-state index in [1.807, 2.05) is 6.26 Å². The molecule has 7 nitrogen and oxygen atoms in total. The second-order valence-corrected chi connectivity index (χ2v) is 8.18. The summed E-state index contributed by atoms with van der Waals surface area (Å²) in [6.45, 7) is 5.82. The molecule has 0 radical (unpaired) electrons. The summed E-state index contributed by atoms with van der Waals surface area (Å²) < 4.78 is 7.38. The topological polar surface area (TPSA) is 86.1 Å². The third kappa shape index (κ3) is 4.61. The van der Waals surface area contributed by atoms with Crippen molar-refractivity contribution in [2.45, 2.75) is 43.1 Å². The minimum atomic E-state index is -0.572. The number of carbonyl (C=O) groups is 1. The molecule has 2 rings (SSSR count). The van der Waals surface area contributed by atoms with Gasteiger partial charge in [-0.05, 0) is 27.0 Å². The van der Waals surface area contributed by atoms with E-state index in [4.69, 9.17) is 16.3 Å². The van der Waals surface area contributed by atoms with E-state index in [0.717, 1.165) is 4.34 Å². The third-order valence-corrected chi connectivity index (χ3v) is 5.05. The molecule has 0 atom stereocenters. The van der Waals surface area contributed by atoms with Crippen LogP contribution in [-0.2, 0) is 17.2 Å². The first-order valence-corrected chi connectivity index (χ1v) is 9.80. The first-order chi connectivity index (χ1) is 11.2. The number of halogens is 1. The van der Waals surface area contributed by atoms with Crippen LogP contribution in [0.1, 0.15) is 26.6 Å². The lowest BCUT2D eigenvalue weighted by atomic mass is 10.2. The van der Waals surface area contributed by atoms with Crippen LogP contribution in [0.15, 0.2) is 9.13 Å². The molecule has 0 aliphatic rings. The van der Waals surface area contributed by atoms with Crippen molar-refractivity contribution in [3.8, 4) is 0 Å². The number of hydrogen-bond acceptors (Lipinski definition) is 7. The molecular weight excluding hydrogens is 372 g/mol. The molecule has 0 fully saturated rings. The van der Waals surface area contributed by atoms with Crippen LogP contribution in [0.4, 0.5) is 4.79 Å². The van der Waals surface area contributed by atoms with Gasteiger partial charge >= 0.3 is 6.09 Å². The summed E-state index contributed by atoms with van der Waals surface area (Å²) in [6, 6.07) is 0. The van der Waals surface area contributed by atoms with Gasteiger partial charge in [-0.1, -0.05) is 23.1 Å². The number of aromatic nitrogens is 3. The predicted octanol–water partition coefficient (Wildman–Crippen LogP) is 2.84. The molecule has 0 saturated heterocycles. The Labute approximate surface area is 152 Å². The Morgan fingerprint density at radius 3 is 2.71 bits per heavy atom. The highest BCUT2D eigenvalue weighted by Crippen LogP contribution is 2.25. The minimum absolute atomic E-state index is 0.101. The Morgan fingerprint density at radius 1 is 1.42 bits per heavy atom. The average molecular weight is 391 g/mol. The van der Waals surface area contributed by atoms with Crippen molar-refractivity contribution in [2.75, 3.05) is 12.8 Å². The lowest BCUT2D eigenvalue weighted by Crippen LogP contribution is -2.36. The number of rotatable bonds is 5. The Kier molecular flexibility index (Phi) is 6.11. The number of alkyl carbamates (subject to hydrolysis) is 1. The van der Waals surface area contributed by atoms with Gasteiger partial charge in [0, 0.05) is 13.1 Å². The van der Waals surface area contributed by atoms with Crippen LogP contribution in [0.2, 0.25) is 0 Å². The van der Waals surface area contributed by atoms with Crippen molar-refractivity contribution in [1.29, 1.82) is 0 Å². The molecule has 2 heterocycles. The summed E-state index contributed by atoms with van der Waals surface area (Å²) in [5.41, 5.74) is -0.494. The van der Waals surface area contributed by atoms with Gasteiger partial charge in [0.15, 0.2) is 14.7 Å². The van der Waals surface area contributed by atoms with Gasteiger partial charge in [-0.25, -0.2) is 14.8 Å². The van der Waals surface area contributed by atoms with E-state index in [1.165, 1.54) is 27.7 Å². The molecule has 0 spiro atoms. The molecule has 0 aliphatic carbocycles. The average Bonchev–Trinajstić information content (AvgIpc) is 2.91.